The summed E-state index contributed by atoms with van der Waals surface area (Å²) in [7, 11) is 1.58. The van der Waals surface area contributed by atoms with Crippen molar-refractivity contribution >= 4 is 17.2 Å². The van der Waals surface area contributed by atoms with Crippen molar-refractivity contribution in [3.63, 3.8) is 0 Å². The van der Waals surface area contributed by atoms with Crippen LogP contribution in [-0.2, 0) is 0 Å². The van der Waals surface area contributed by atoms with Crippen molar-refractivity contribution in [2.75, 3.05) is 7.11 Å². The molecule has 8 heteroatoms. The maximum absolute atomic E-state index is 11.6. The van der Waals surface area contributed by atoms with Crippen LogP contribution in [-0.4, -0.2) is 27.9 Å². The van der Waals surface area contributed by atoms with Crippen LogP contribution < -0.4 is 4.74 Å². The van der Waals surface area contributed by atoms with Crippen LogP contribution in [0.4, 0.5) is 11.5 Å². The summed E-state index contributed by atoms with van der Waals surface area (Å²) >= 11 is 0. The first-order valence-corrected chi connectivity index (χ1v) is 8.53. The fourth-order valence-electron chi connectivity index (χ4n) is 3.54. The fourth-order valence-corrected chi connectivity index (χ4v) is 3.54. The zero-order valence-electron chi connectivity index (χ0n) is 14.9. The van der Waals surface area contributed by atoms with Gasteiger partial charge in [-0.2, -0.15) is 10.4 Å². The van der Waals surface area contributed by atoms with Gasteiger partial charge < -0.3 is 4.74 Å². The summed E-state index contributed by atoms with van der Waals surface area (Å²) in [4.78, 5) is 15.8. The van der Waals surface area contributed by atoms with E-state index in [1.807, 2.05) is 12.1 Å². The van der Waals surface area contributed by atoms with Gasteiger partial charge in [-0.1, -0.05) is 18.2 Å². The van der Waals surface area contributed by atoms with Gasteiger partial charge >= 0.3 is 0 Å². The van der Waals surface area contributed by atoms with Crippen molar-refractivity contribution in [2.45, 2.75) is 5.92 Å². The van der Waals surface area contributed by atoms with E-state index in [9.17, 15) is 15.4 Å². The van der Waals surface area contributed by atoms with Crippen LogP contribution in [0, 0.1) is 27.4 Å². The van der Waals surface area contributed by atoms with E-state index in [4.69, 9.17) is 4.74 Å². The predicted octanol–water partition coefficient (Wildman–Crippen LogP) is 3.73. The Morgan fingerprint density at radius 3 is 2.61 bits per heavy atom. The number of aliphatic imine (C=N–C) groups is 1. The SMILES string of the molecule is COc1ccc(C2=Nc3[nH]ncc3C(c3ccccc3[N+](=O)[O-])C2C#N)cc1. The van der Waals surface area contributed by atoms with Crippen LogP contribution in [0.15, 0.2) is 59.7 Å². The van der Waals surface area contributed by atoms with Gasteiger partial charge in [-0.15, -0.1) is 0 Å². The molecule has 0 radical (unpaired) electrons. The molecule has 0 spiro atoms. The summed E-state index contributed by atoms with van der Waals surface area (Å²) in [5.74, 6) is -0.0823. The largest absolute Gasteiger partial charge is 0.497 e. The van der Waals surface area contributed by atoms with Gasteiger partial charge in [0.15, 0.2) is 5.82 Å². The molecule has 0 saturated heterocycles. The summed E-state index contributed by atoms with van der Waals surface area (Å²) in [6.07, 6.45) is 1.58. The number of benzene rings is 2. The highest BCUT2D eigenvalue weighted by molar-refractivity contribution is 6.07. The first-order valence-electron chi connectivity index (χ1n) is 8.53. The lowest BCUT2D eigenvalue weighted by molar-refractivity contribution is -0.385. The lowest BCUT2D eigenvalue weighted by atomic mass is 9.76. The van der Waals surface area contributed by atoms with Crippen molar-refractivity contribution in [3.8, 4) is 11.8 Å². The molecule has 1 aliphatic heterocycles. The predicted molar refractivity (Wildman–Crippen MR) is 102 cm³/mol. The molecule has 1 N–H and O–H groups in total. The Bertz CT molecular complexity index is 1110. The molecule has 0 amide bonds. The summed E-state index contributed by atoms with van der Waals surface area (Å²) in [5.41, 5.74) is 2.37. The van der Waals surface area contributed by atoms with Crippen LogP contribution in [0.2, 0.25) is 0 Å². The number of ether oxygens (including phenoxy) is 1. The minimum atomic E-state index is -0.709. The van der Waals surface area contributed by atoms with E-state index in [0.717, 1.165) is 5.56 Å². The Hall–Kier alpha value is -3.99. The molecule has 2 unspecified atom stereocenters. The highest BCUT2D eigenvalue weighted by Crippen LogP contribution is 2.45. The minimum absolute atomic E-state index is 0.0316. The van der Waals surface area contributed by atoms with Gasteiger partial charge in [0.2, 0.25) is 0 Å². The minimum Gasteiger partial charge on any atom is -0.497 e. The third-order valence-corrected chi connectivity index (χ3v) is 4.84. The molecule has 3 aromatic rings. The number of para-hydroxylation sites is 1. The second-order valence-corrected chi connectivity index (χ2v) is 6.30. The van der Waals surface area contributed by atoms with Gasteiger partial charge in [-0.05, 0) is 29.8 Å². The smallest absolute Gasteiger partial charge is 0.273 e. The summed E-state index contributed by atoms with van der Waals surface area (Å²) < 4.78 is 5.19. The number of nitrogens with one attached hydrogen (secondary N) is 1. The number of fused-ring (bicyclic) bond motifs is 1. The molecule has 2 aromatic carbocycles. The highest BCUT2D eigenvalue weighted by atomic mass is 16.6. The van der Waals surface area contributed by atoms with Crippen LogP contribution in [0.3, 0.4) is 0 Å². The molecule has 138 valence electrons. The molecule has 1 aromatic heterocycles. The normalized spacial score (nSPS) is 17.9. The number of nitriles is 1. The molecule has 1 aliphatic rings. The van der Waals surface area contributed by atoms with Gasteiger partial charge in [-0.3, -0.25) is 15.2 Å². The average Bonchev–Trinajstić information content (AvgIpc) is 3.20. The topological polar surface area (TPSA) is 117 Å². The number of aromatic amines is 1. The molecule has 2 atom stereocenters. The van der Waals surface area contributed by atoms with Gasteiger partial charge in [0.1, 0.15) is 11.7 Å². The maximum atomic E-state index is 11.6. The Morgan fingerprint density at radius 1 is 1.18 bits per heavy atom. The number of aromatic nitrogens is 2. The number of nitro groups is 1. The molecule has 2 heterocycles. The molecule has 0 bridgehead atoms. The second kappa shape index (κ2) is 6.96. The van der Waals surface area contributed by atoms with Gasteiger partial charge in [-0.25, -0.2) is 4.99 Å². The Labute approximate surface area is 160 Å². The van der Waals surface area contributed by atoms with E-state index < -0.39 is 16.8 Å². The first kappa shape index (κ1) is 17.4. The van der Waals surface area contributed by atoms with Gasteiger partial charge in [0.05, 0.1) is 30.0 Å². The Kier molecular flexibility index (Phi) is 4.33. The van der Waals surface area contributed by atoms with Crippen LogP contribution >= 0.6 is 0 Å². The zero-order valence-corrected chi connectivity index (χ0v) is 14.9. The number of hydrogen-bond donors (Lipinski definition) is 1. The number of rotatable bonds is 4. The summed E-state index contributed by atoms with van der Waals surface area (Å²) in [6.45, 7) is 0. The van der Waals surface area contributed by atoms with E-state index >= 15 is 0 Å². The van der Waals surface area contributed by atoms with Crippen LogP contribution in [0.25, 0.3) is 0 Å². The lowest BCUT2D eigenvalue weighted by Crippen LogP contribution is -2.26. The fraction of sp³-hybridized carbons (Fsp3) is 0.150. The average molecular weight is 373 g/mol. The number of nitrogens with zero attached hydrogens (tertiary/aromatic N) is 4. The molecule has 0 fully saturated rings. The molecule has 28 heavy (non-hydrogen) atoms. The first-order chi connectivity index (χ1) is 13.6. The third-order valence-electron chi connectivity index (χ3n) is 4.84. The number of methoxy groups -OCH3 is 1. The number of hydrogen-bond acceptors (Lipinski definition) is 6. The van der Waals surface area contributed by atoms with Gasteiger partial charge in [0, 0.05) is 23.1 Å². The Balaban J connectivity index is 1.90. The van der Waals surface area contributed by atoms with Gasteiger partial charge in [0.25, 0.3) is 5.69 Å². The van der Waals surface area contributed by atoms with Crippen LogP contribution in [0.5, 0.6) is 5.75 Å². The number of nitro benzene ring substituents is 1. The Morgan fingerprint density at radius 2 is 1.93 bits per heavy atom. The summed E-state index contributed by atoms with van der Waals surface area (Å²) in [5, 5.41) is 28.5. The standard InChI is InChI=1S/C20H15N5O3/c1-28-13-8-6-12(7-9-13)19-15(10-21)18(16-11-22-24-20(16)23-19)14-4-2-3-5-17(14)25(26)27/h2-9,11,15,18H,1H3,(H,22,24). The maximum Gasteiger partial charge on any atom is 0.273 e. The van der Waals surface area contributed by atoms with Crippen molar-refractivity contribution in [1.29, 1.82) is 5.26 Å². The second-order valence-electron chi connectivity index (χ2n) is 6.30. The van der Waals surface area contributed by atoms with E-state index in [0.29, 0.717) is 28.4 Å². The molecule has 8 nitrogen and oxygen atoms in total. The molecular weight excluding hydrogens is 358 g/mol. The van der Waals surface area contributed by atoms with Crippen LogP contribution in [0.1, 0.15) is 22.6 Å². The molecule has 4 rings (SSSR count). The summed E-state index contributed by atoms with van der Waals surface area (Å²) in [6, 6.07) is 16.0. The quantitative estimate of drug-likeness (QED) is 0.552. The van der Waals surface area contributed by atoms with Crippen molar-refractivity contribution in [1.82, 2.24) is 10.2 Å². The third kappa shape index (κ3) is 2.79. The lowest BCUT2D eigenvalue weighted by Gasteiger charge is -2.27. The molecule has 0 saturated carbocycles. The van der Waals surface area contributed by atoms with E-state index in [1.54, 1.807) is 43.6 Å². The molecule has 0 aliphatic carbocycles. The van der Waals surface area contributed by atoms with E-state index in [1.165, 1.54) is 6.07 Å². The van der Waals surface area contributed by atoms with E-state index in [2.05, 4.69) is 21.3 Å². The zero-order chi connectivity index (χ0) is 19.7. The van der Waals surface area contributed by atoms with Crippen molar-refractivity contribution in [2.24, 2.45) is 10.9 Å². The van der Waals surface area contributed by atoms with E-state index in [-0.39, 0.29) is 5.69 Å². The van der Waals surface area contributed by atoms with Crippen molar-refractivity contribution < 1.29 is 9.66 Å². The number of H-pyrrole nitrogens is 1. The monoisotopic (exact) mass is 373 g/mol. The van der Waals surface area contributed by atoms with Crippen molar-refractivity contribution in [3.05, 3.63) is 81.5 Å². The highest BCUT2D eigenvalue weighted by Gasteiger charge is 2.39. The molecular formula is C20H15N5O3.